The molecular formula is C21H25N5O2. The van der Waals surface area contributed by atoms with E-state index < -0.39 is 12.1 Å². The van der Waals surface area contributed by atoms with Gasteiger partial charge in [-0.1, -0.05) is 20.8 Å². The third-order valence-corrected chi connectivity index (χ3v) is 4.87. The van der Waals surface area contributed by atoms with Gasteiger partial charge in [-0.2, -0.15) is 5.26 Å². The van der Waals surface area contributed by atoms with E-state index in [1.54, 1.807) is 35.8 Å². The van der Waals surface area contributed by atoms with Crippen LogP contribution in [0.15, 0.2) is 30.9 Å². The standard InChI is InChI=1S/C21H25N5O2/c1-21(2,3)9-19(27)26-8-4-5-18(26)20(28)25-17(10-22)16-13-24-12-14-11-23-7-6-15(14)16/h6-7,11-13,17-18H,4-5,8-9H2,1-3H3,(H,25,28). The maximum Gasteiger partial charge on any atom is 0.244 e. The van der Waals surface area contributed by atoms with Crippen LogP contribution in [0.1, 0.15) is 51.6 Å². The molecule has 2 aromatic heterocycles. The van der Waals surface area contributed by atoms with E-state index in [0.717, 1.165) is 17.2 Å². The molecule has 0 aromatic carbocycles. The number of fused-ring (bicyclic) bond motifs is 1. The monoisotopic (exact) mass is 379 g/mol. The summed E-state index contributed by atoms with van der Waals surface area (Å²) in [7, 11) is 0. The number of likely N-dealkylation sites (tertiary alicyclic amines) is 1. The normalized spacial score (nSPS) is 17.9. The second-order valence-corrected chi connectivity index (χ2v) is 8.38. The summed E-state index contributed by atoms with van der Waals surface area (Å²) in [5.41, 5.74) is 0.486. The quantitative estimate of drug-likeness (QED) is 0.880. The number of carbonyl (C=O) groups is 2. The first-order valence-electron chi connectivity index (χ1n) is 9.47. The van der Waals surface area contributed by atoms with Crippen molar-refractivity contribution >= 4 is 22.6 Å². The third-order valence-electron chi connectivity index (χ3n) is 4.87. The first-order valence-corrected chi connectivity index (χ1v) is 9.47. The minimum absolute atomic E-state index is 0.0171. The Morgan fingerprint density at radius 2 is 2.07 bits per heavy atom. The fourth-order valence-corrected chi connectivity index (χ4v) is 3.58. The Bertz CT molecular complexity index is 923. The molecule has 28 heavy (non-hydrogen) atoms. The molecule has 3 rings (SSSR count). The number of pyridine rings is 2. The molecule has 0 saturated carbocycles. The molecule has 1 aliphatic rings. The van der Waals surface area contributed by atoms with E-state index in [1.807, 2.05) is 20.8 Å². The number of hydrogen-bond acceptors (Lipinski definition) is 5. The van der Waals surface area contributed by atoms with Gasteiger partial charge in [0, 0.05) is 48.7 Å². The number of hydrogen-bond donors (Lipinski definition) is 1. The molecule has 3 heterocycles. The topological polar surface area (TPSA) is 99.0 Å². The highest BCUT2D eigenvalue weighted by Gasteiger charge is 2.36. The van der Waals surface area contributed by atoms with Gasteiger partial charge in [0.05, 0.1) is 6.07 Å². The first kappa shape index (κ1) is 19.7. The van der Waals surface area contributed by atoms with E-state index in [1.165, 1.54) is 0 Å². The smallest absolute Gasteiger partial charge is 0.244 e. The summed E-state index contributed by atoms with van der Waals surface area (Å²) in [6.45, 7) is 6.59. The summed E-state index contributed by atoms with van der Waals surface area (Å²) in [6.07, 6.45) is 8.36. The van der Waals surface area contributed by atoms with Gasteiger partial charge in [-0.05, 0) is 29.7 Å². The highest BCUT2D eigenvalue weighted by Crippen LogP contribution is 2.26. The van der Waals surface area contributed by atoms with E-state index in [2.05, 4.69) is 21.4 Å². The Kier molecular flexibility index (Phi) is 5.59. The lowest BCUT2D eigenvalue weighted by Gasteiger charge is -2.28. The Morgan fingerprint density at radius 1 is 1.32 bits per heavy atom. The maximum atomic E-state index is 12.9. The summed E-state index contributed by atoms with van der Waals surface area (Å²) in [4.78, 5) is 35.4. The highest BCUT2D eigenvalue weighted by molar-refractivity contribution is 5.90. The van der Waals surface area contributed by atoms with Crippen molar-refractivity contribution in [1.29, 1.82) is 5.26 Å². The van der Waals surface area contributed by atoms with Crippen molar-refractivity contribution in [2.24, 2.45) is 5.41 Å². The zero-order valence-corrected chi connectivity index (χ0v) is 16.5. The van der Waals surface area contributed by atoms with E-state index in [4.69, 9.17) is 0 Å². The van der Waals surface area contributed by atoms with Crippen LogP contribution in [-0.2, 0) is 9.59 Å². The fourth-order valence-electron chi connectivity index (χ4n) is 3.58. The predicted octanol–water partition coefficient (Wildman–Crippen LogP) is 2.74. The van der Waals surface area contributed by atoms with Crippen molar-refractivity contribution in [3.05, 3.63) is 36.4 Å². The average molecular weight is 379 g/mol. The number of nitriles is 1. The Morgan fingerprint density at radius 3 is 2.79 bits per heavy atom. The molecule has 2 atom stereocenters. The number of amides is 2. The van der Waals surface area contributed by atoms with E-state index in [9.17, 15) is 14.9 Å². The van der Waals surface area contributed by atoms with Crippen LogP contribution in [0.5, 0.6) is 0 Å². The summed E-state index contributed by atoms with van der Waals surface area (Å²) >= 11 is 0. The number of rotatable bonds is 4. The third kappa shape index (κ3) is 4.28. The van der Waals surface area contributed by atoms with Gasteiger partial charge in [-0.15, -0.1) is 0 Å². The van der Waals surface area contributed by atoms with Crippen molar-refractivity contribution in [1.82, 2.24) is 20.2 Å². The van der Waals surface area contributed by atoms with E-state index in [0.29, 0.717) is 24.9 Å². The molecule has 0 bridgehead atoms. The molecule has 0 radical (unpaired) electrons. The molecule has 7 nitrogen and oxygen atoms in total. The first-order chi connectivity index (χ1) is 13.3. The van der Waals surface area contributed by atoms with Gasteiger partial charge < -0.3 is 10.2 Å². The van der Waals surface area contributed by atoms with Crippen LogP contribution in [-0.4, -0.2) is 39.3 Å². The van der Waals surface area contributed by atoms with Gasteiger partial charge in [-0.25, -0.2) is 0 Å². The molecule has 0 spiro atoms. The van der Waals surface area contributed by atoms with Gasteiger partial charge >= 0.3 is 0 Å². The summed E-state index contributed by atoms with van der Waals surface area (Å²) < 4.78 is 0. The van der Waals surface area contributed by atoms with Crippen LogP contribution in [0.3, 0.4) is 0 Å². The van der Waals surface area contributed by atoms with Crippen LogP contribution < -0.4 is 5.32 Å². The largest absolute Gasteiger partial charge is 0.335 e. The minimum atomic E-state index is -0.841. The summed E-state index contributed by atoms with van der Waals surface area (Å²) in [5, 5.41) is 14.1. The van der Waals surface area contributed by atoms with E-state index in [-0.39, 0.29) is 17.2 Å². The van der Waals surface area contributed by atoms with Crippen molar-refractivity contribution < 1.29 is 9.59 Å². The Labute approximate surface area is 164 Å². The molecule has 2 aromatic rings. The fraction of sp³-hybridized carbons (Fsp3) is 0.476. The lowest BCUT2D eigenvalue weighted by Crippen LogP contribution is -2.47. The zero-order chi connectivity index (χ0) is 20.3. The molecule has 0 aliphatic carbocycles. The molecule has 1 N–H and O–H groups in total. The SMILES string of the molecule is CC(C)(C)CC(=O)N1CCCC1C(=O)NC(C#N)c1cncc2cnccc12. The molecule has 7 heteroatoms. The molecule has 1 fully saturated rings. The van der Waals surface area contributed by atoms with Crippen molar-refractivity contribution in [3.8, 4) is 6.07 Å². The number of carbonyl (C=O) groups excluding carboxylic acids is 2. The molecular weight excluding hydrogens is 354 g/mol. The summed E-state index contributed by atoms with van der Waals surface area (Å²) in [6, 6.07) is 2.58. The Balaban J connectivity index is 1.78. The molecule has 146 valence electrons. The maximum absolute atomic E-state index is 12.9. The minimum Gasteiger partial charge on any atom is -0.335 e. The van der Waals surface area contributed by atoms with Crippen LogP contribution >= 0.6 is 0 Å². The van der Waals surface area contributed by atoms with Crippen molar-refractivity contribution in [2.75, 3.05) is 6.54 Å². The van der Waals surface area contributed by atoms with Gasteiger partial charge in [0.1, 0.15) is 12.1 Å². The van der Waals surface area contributed by atoms with Gasteiger partial charge in [0.2, 0.25) is 11.8 Å². The summed E-state index contributed by atoms with van der Waals surface area (Å²) in [5.74, 6) is -0.311. The molecule has 2 unspecified atom stereocenters. The molecule has 1 aliphatic heterocycles. The van der Waals surface area contributed by atoms with Crippen LogP contribution in [0.25, 0.3) is 10.8 Å². The Hall–Kier alpha value is -3.01. The van der Waals surface area contributed by atoms with Gasteiger partial charge in [0.15, 0.2) is 0 Å². The van der Waals surface area contributed by atoms with Gasteiger partial charge in [0.25, 0.3) is 0 Å². The van der Waals surface area contributed by atoms with Crippen LogP contribution in [0.4, 0.5) is 0 Å². The zero-order valence-electron chi connectivity index (χ0n) is 16.5. The predicted molar refractivity (Wildman–Crippen MR) is 105 cm³/mol. The average Bonchev–Trinajstić information content (AvgIpc) is 3.14. The van der Waals surface area contributed by atoms with Crippen LogP contribution in [0.2, 0.25) is 0 Å². The number of nitrogens with zero attached hydrogens (tertiary/aromatic N) is 4. The molecule has 1 saturated heterocycles. The van der Waals surface area contributed by atoms with Crippen LogP contribution in [0, 0.1) is 16.7 Å². The number of aromatic nitrogens is 2. The lowest BCUT2D eigenvalue weighted by molar-refractivity contribution is -0.140. The van der Waals surface area contributed by atoms with Gasteiger partial charge in [-0.3, -0.25) is 19.6 Å². The van der Waals surface area contributed by atoms with Crippen molar-refractivity contribution in [3.63, 3.8) is 0 Å². The lowest BCUT2D eigenvalue weighted by atomic mass is 9.91. The van der Waals surface area contributed by atoms with Crippen molar-refractivity contribution in [2.45, 2.75) is 52.1 Å². The second-order valence-electron chi connectivity index (χ2n) is 8.38. The van der Waals surface area contributed by atoms with E-state index >= 15 is 0 Å². The highest BCUT2D eigenvalue weighted by atomic mass is 16.2. The number of nitrogens with one attached hydrogen (secondary N) is 1. The molecule has 2 amide bonds. The second kappa shape index (κ2) is 7.93.